The van der Waals surface area contributed by atoms with Crippen molar-refractivity contribution in [1.82, 2.24) is 9.88 Å². The third kappa shape index (κ3) is 4.56. The molecule has 20 heavy (non-hydrogen) atoms. The summed E-state index contributed by atoms with van der Waals surface area (Å²) in [7, 11) is 0. The summed E-state index contributed by atoms with van der Waals surface area (Å²) in [6.07, 6.45) is 2.25. The van der Waals surface area contributed by atoms with Crippen LogP contribution in [-0.4, -0.2) is 34.6 Å². The van der Waals surface area contributed by atoms with Crippen LogP contribution in [0.5, 0.6) is 0 Å². The quantitative estimate of drug-likeness (QED) is 0.851. The van der Waals surface area contributed by atoms with Gasteiger partial charge in [0.15, 0.2) is 0 Å². The number of likely N-dealkylation sites (N-methyl/N-ethyl adjacent to an activating group) is 1. The molecule has 2 rings (SSSR count). The highest BCUT2D eigenvalue weighted by Gasteiger charge is 2.13. The van der Waals surface area contributed by atoms with E-state index in [0.29, 0.717) is 11.6 Å². The number of rotatable bonds is 7. The fourth-order valence-corrected chi connectivity index (χ4v) is 2.88. The monoisotopic (exact) mass is 310 g/mol. The van der Waals surface area contributed by atoms with Crippen LogP contribution < -0.4 is 0 Å². The number of aromatic nitrogens is 1. The lowest BCUT2D eigenvalue weighted by atomic mass is 10.1. The van der Waals surface area contributed by atoms with E-state index in [9.17, 15) is 5.11 Å². The minimum absolute atomic E-state index is 0.509. The van der Waals surface area contributed by atoms with Crippen molar-refractivity contribution in [2.24, 2.45) is 0 Å². The van der Waals surface area contributed by atoms with E-state index in [2.05, 4.69) is 16.8 Å². The predicted molar refractivity (Wildman–Crippen MR) is 84.3 cm³/mol. The molecule has 0 bridgehead atoms. The molecule has 0 radical (unpaired) electrons. The van der Waals surface area contributed by atoms with E-state index < -0.39 is 6.10 Å². The van der Waals surface area contributed by atoms with Gasteiger partial charge in [-0.15, -0.1) is 11.3 Å². The van der Waals surface area contributed by atoms with Crippen molar-refractivity contribution in [3.05, 3.63) is 51.4 Å². The lowest BCUT2D eigenvalue weighted by molar-refractivity contribution is 0.116. The van der Waals surface area contributed by atoms with Gasteiger partial charge in [-0.1, -0.05) is 30.7 Å². The molecular formula is C15H19ClN2OS. The molecule has 2 aromatic rings. The minimum Gasteiger partial charge on any atom is -0.387 e. The maximum Gasteiger partial charge on any atom is 0.0937 e. The number of hydrogen-bond donors (Lipinski definition) is 1. The number of aliphatic hydroxyl groups is 1. The average molecular weight is 311 g/mol. The van der Waals surface area contributed by atoms with Gasteiger partial charge >= 0.3 is 0 Å². The van der Waals surface area contributed by atoms with Gasteiger partial charge in [0.25, 0.3) is 0 Å². The van der Waals surface area contributed by atoms with Crippen LogP contribution in [0.15, 0.2) is 35.8 Å². The molecule has 1 aromatic heterocycles. The fraction of sp³-hybridized carbons (Fsp3) is 0.400. The summed E-state index contributed by atoms with van der Waals surface area (Å²) < 4.78 is 0. The molecule has 5 heteroatoms. The Morgan fingerprint density at radius 2 is 2.30 bits per heavy atom. The van der Waals surface area contributed by atoms with Crippen LogP contribution in [0.2, 0.25) is 5.02 Å². The summed E-state index contributed by atoms with van der Waals surface area (Å²) in [4.78, 5) is 6.51. The van der Waals surface area contributed by atoms with Gasteiger partial charge in [-0.05, 0) is 24.2 Å². The molecule has 1 heterocycles. The molecule has 1 atom stereocenters. The molecule has 0 fully saturated rings. The second-order valence-electron chi connectivity index (χ2n) is 4.64. The third-order valence-electron chi connectivity index (χ3n) is 3.24. The molecule has 0 aliphatic carbocycles. The first-order valence-corrected chi connectivity index (χ1v) is 7.99. The summed E-state index contributed by atoms with van der Waals surface area (Å²) in [6.45, 7) is 4.53. The third-order valence-corrected chi connectivity index (χ3v) is 4.31. The molecule has 1 unspecified atom stereocenters. The van der Waals surface area contributed by atoms with Crippen molar-refractivity contribution < 1.29 is 5.11 Å². The smallest absolute Gasteiger partial charge is 0.0937 e. The van der Waals surface area contributed by atoms with Gasteiger partial charge in [-0.25, -0.2) is 4.98 Å². The molecule has 0 aliphatic heterocycles. The fourth-order valence-electron chi connectivity index (χ4n) is 2.07. The number of thiazole rings is 1. The highest BCUT2D eigenvalue weighted by molar-refractivity contribution is 7.09. The van der Waals surface area contributed by atoms with Gasteiger partial charge in [0.05, 0.1) is 11.1 Å². The average Bonchev–Trinajstić information content (AvgIpc) is 2.96. The highest BCUT2D eigenvalue weighted by atomic mass is 35.5. The van der Waals surface area contributed by atoms with E-state index in [1.807, 2.05) is 35.8 Å². The Bertz CT molecular complexity index is 518. The normalized spacial score (nSPS) is 12.8. The molecule has 0 spiro atoms. The summed E-state index contributed by atoms with van der Waals surface area (Å²) in [5, 5.41) is 14.1. The van der Waals surface area contributed by atoms with Crippen LogP contribution in [0.3, 0.4) is 0 Å². The Hall–Kier alpha value is -0.940. The predicted octanol–water partition coefficient (Wildman–Crippen LogP) is 3.39. The standard InChI is InChI=1S/C15H19ClN2OS/c1-2-18(8-6-15-17-7-9-20-15)11-14(19)12-4-3-5-13(16)10-12/h3-5,7,9-10,14,19H,2,6,8,11H2,1H3. The lowest BCUT2D eigenvalue weighted by Gasteiger charge is -2.23. The van der Waals surface area contributed by atoms with Gasteiger partial charge in [0.1, 0.15) is 0 Å². The second-order valence-corrected chi connectivity index (χ2v) is 6.06. The Labute approximate surface area is 128 Å². The zero-order valence-electron chi connectivity index (χ0n) is 11.5. The van der Waals surface area contributed by atoms with Gasteiger partial charge in [-0.3, -0.25) is 0 Å². The second kappa shape index (κ2) is 7.74. The number of hydrogen-bond acceptors (Lipinski definition) is 4. The van der Waals surface area contributed by atoms with Gasteiger partial charge in [0.2, 0.25) is 0 Å². The number of benzene rings is 1. The van der Waals surface area contributed by atoms with E-state index in [-0.39, 0.29) is 0 Å². The Kier molecular flexibility index (Phi) is 5.98. The van der Waals surface area contributed by atoms with Crippen molar-refractivity contribution in [3.8, 4) is 0 Å². The van der Waals surface area contributed by atoms with E-state index in [4.69, 9.17) is 11.6 Å². The highest BCUT2D eigenvalue weighted by Crippen LogP contribution is 2.19. The maximum absolute atomic E-state index is 10.3. The topological polar surface area (TPSA) is 36.4 Å². The minimum atomic E-state index is -0.509. The van der Waals surface area contributed by atoms with Crippen LogP contribution in [0, 0.1) is 0 Å². The first kappa shape index (κ1) is 15.4. The molecule has 1 N–H and O–H groups in total. The lowest BCUT2D eigenvalue weighted by Crippen LogP contribution is -2.30. The molecule has 1 aromatic carbocycles. The van der Waals surface area contributed by atoms with Crippen molar-refractivity contribution in [2.75, 3.05) is 19.6 Å². The van der Waals surface area contributed by atoms with Crippen molar-refractivity contribution in [2.45, 2.75) is 19.4 Å². The van der Waals surface area contributed by atoms with E-state index in [0.717, 1.165) is 30.1 Å². The van der Waals surface area contributed by atoms with Crippen molar-refractivity contribution >= 4 is 22.9 Å². The van der Waals surface area contributed by atoms with E-state index >= 15 is 0 Å². The number of halogens is 1. The van der Waals surface area contributed by atoms with Crippen molar-refractivity contribution in [3.63, 3.8) is 0 Å². The van der Waals surface area contributed by atoms with Gasteiger partial charge in [-0.2, -0.15) is 0 Å². The zero-order chi connectivity index (χ0) is 14.4. The zero-order valence-corrected chi connectivity index (χ0v) is 13.1. The SMILES string of the molecule is CCN(CCc1nccs1)CC(O)c1cccc(Cl)c1. The molecule has 0 aliphatic rings. The van der Waals surface area contributed by atoms with Crippen molar-refractivity contribution in [1.29, 1.82) is 0 Å². The largest absolute Gasteiger partial charge is 0.387 e. The molecule has 108 valence electrons. The van der Waals surface area contributed by atoms with Crippen LogP contribution in [0.4, 0.5) is 0 Å². The molecule has 0 saturated carbocycles. The molecule has 0 saturated heterocycles. The number of nitrogens with zero attached hydrogens (tertiary/aromatic N) is 2. The Morgan fingerprint density at radius 3 is 2.95 bits per heavy atom. The molecular weight excluding hydrogens is 292 g/mol. The first-order valence-electron chi connectivity index (χ1n) is 6.73. The summed E-state index contributed by atoms with van der Waals surface area (Å²) in [5.41, 5.74) is 0.866. The summed E-state index contributed by atoms with van der Waals surface area (Å²) >= 11 is 7.63. The summed E-state index contributed by atoms with van der Waals surface area (Å²) in [6, 6.07) is 7.41. The summed E-state index contributed by atoms with van der Waals surface area (Å²) in [5.74, 6) is 0. The number of aliphatic hydroxyl groups excluding tert-OH is 1. The molecule has 0 amide bonds. The Morgan fingerprint density at radius 1 is 1.45 bits per heavy atom. The molecule has 3 nitrogen and oxygen atoms in total. The van der Waals surface area contributed by atoms with Crippen LogP contribution in [0.1, 0.15) is 23.6 Å². The maximum atomic E-state index is 10.3. The first-order chi connectivity index (χ1) is 9.69. The van der Waals surface area contributed by atoms with E-state index in [1.165, 1.54) is 0 Å². The van der Waals surface area contributed by atoms with Gasteiger partial charge < -0.3 is 10.0 Å². The van der Waals surface area contributed by atoms with E-state index in [1.54, 1.807) is 11.3 Å². The van der Waals surface area contributed by atoms with Crippen LogP contribution >= 0.6 is 22.9 Å². The van der Waals surface area contributed by atoms with Gasteiger partial charge in [0, 0.05) is 36.1 Å². The van der Waals surface area contributed by atoms with Crippen LogP contribution in [-0.2, 0) is 6.42 Å². The Balaban J connectivity index is 1.88. The van der Waals surface area contributed by atoms with Crippen LogP contribution in [0.25, 0.3) is 0 Å².